The minimum atomic E-state index is -3.33. The van der Waals surface area contributed by atoms with E-state index >= 15 is 0 Å². The number of piperazine rings is 1. The summed E-state index contributed by atoms with van der Waals surface area (Å²) >= 11 is 0. The number of rotatable bonds is 2. The number of sulfone groups is 1. The predicted octanol–water partition coefficient (Wildman–Crippen LogP) is -0.811. The quantitative estimate of drug-likeness (QED) is 0.719. The van der Waals surface area contributed by atoms with Crippen LogP contribution in [0.1, 0.15) is 10.4 Å². The normalized spacial score (nSPS) is 15.9. The molecule has 1 N–H and O–H groups in total. The first-order valence-electron chi connectivity index (χ1n) is 5.69. The van der Waals surface area contributed by atoms with Crippen LogP contribution < -0.4 is 5.32 Å². The molecule has 1 aliphatic heterocycles. The van der Waals surface area contributed by atoms with Crippen molar-refractivity contribution in [1.82, 2.24) is 10.2 Å². The van der Waals surface area contributed by atoms with Crippen molar-refractivity contribution in [2.24, 2.45) is 0 Å². The minimum absolute atomic E-state index is 0.0986. The molecule has 1 aromatic carbocycles. The summed E-state index contributed by atoms with van der Waals surface area (Å²) in [5.74, 6) is -1.57. The zero-order valence-corrected chi connectivity index (χ0v) is 11.4. The van der Waals surface area contributed by atoms with E-state index in [1.807, 2.05) is 0 Å². The number of amides is 3. The van der Waals surface area contributed by atoms with Gasteiger partial charge in [0.25, 0.3) is 5.91 Å². The molecule has 1 heterocycles. The topological polar surface area (TPSA) is 101 Å². The third-order valence-corrected chi connectivity index (χ3v) is 3.89. The lowest BCUT2D eigenvalue weighted by Gasteiger charge is -2.25. The van der Waals surface area contributed by atoms with Gasteiger partial charge in [0.2, 0.25) is 11.8 Å². The third kappa shape index (κ3) is 3.02. The number of hydrogen-bond acceptors (Lipinski definition) is 5. The zero-order valence-electron chi connectivity index (χ0n) is 10.6. The summed E-state index contributed by atoms with van der Waals surface area (Å²) in [4.78, 5) is 35.7. The molecule has 1 saturated heterocycles. The maximum atomic E-state index is 12.1. The largest absolute Gasteiger partial charge is 0.320 e. The molecule has 7 nitrogen and oxygen atoms in total. The Kier molecular flexibility index (Phi) is 3.58. The van der Waals surface area contributed by atoms with Gasteiger partial charge in [0.05, 0.1) is 4.90 Å². The van der Waals surface area contributed by atoms with E-state index in [0.29, 0.717) is 0 Å². The van der Waals surface area contributed by atoms with Crippen LogP contribution >= 0.6 is 0 Å². The maximum Gasteiger partial charge on any atom is 0.254 e. The van der Waals surface area contributed by atoms with E-state index in [4.69, 9.17) is 0 Å². The molecular formula is C12H12N2O5S. The highest BCUT2D eigenvalue weighted by Gasteiger charge is 2.27. The number of nitrogens with one attached hydrogen (secondary N) is 1. The highest BCUT2D eigenvalue weighted by Crippen LogP contribution is 2.12. The lowest BCUT2D eigenvalue weighted by atomic mass is 10.2. The van der Waals surface area contributed by atoms with Gasteiger partial charge in [0.15, 0.2) is 9.84 Å². The highest BCUT2D eigenvalue weighted by molar-refractivity contribution is 7.90. The second-order valence-electron chi connectivity index (χ2n) is 4.43. The van der Waals surface area contributed by atoms with Crippen molar-refractivity contribution in [1.29, 1.82) is 0 Å². The van der Waals surface area contributed by atoms with Crippen molar-refractivity contribution in [3.63, 3.8) is 0 Å². The van der Waals surface area contributed by atoms with Gasteiger partial charge < -0.3 is 4.90 Å². The van der Waals surface area contributed by atoms with Crippen LogP contribution in [0.15, 0.2) is 29.2 Å². The number of nitrogens with zero attached hydrogens (tertiary/aromatic N) is 1. The van der Waals surface area contributed by atoms with Gasteiger partial charge in [0.1, 0.15) is 13.1 Å². The second-order valence-corrected chi connectivity index (χ2v) is 6.44. The van der Waals surface area contributed by atoms with Gasteiger partial charge in [-0.3, -0.25) is 19.7 Å². The van der Waals surface area contributed by atoms with E-state index in [9.17, 15) is 22.8 Å². The van der Waals surface area contributed by atoms with E-state index in [0.717, 1.165) is 11.2 Å². The number of carbonyl (C=O) groups excluding carboxylic acids is 3. The number of hydrogen-bond donors (Lipinski definition) is 1. The molecule has 106 valence electrons. The van der Waals surface area contributed by atoms with Crippen molar-refractivity contribution in [2.45, 2.75) is 4.90 Å². The molecule has 0 radical (unpaired) electrons. The summed E-state index contributed by atoms with van der Waals surface area (Å²) in [7, 11) is -3.33. The molecule has 0 aromatic heterocycles. The average molecular weight is 296 g/mol. The molecular weight excluding hydrogens is 284 g/mol. The van der Waals surface area contributed by atoms with Gasteiger partial charge in [-0.05, 0) is 24.3 Å². The SMILES string of the molecule is CS(=O)(=O)c1ccc(C(=O)N2CC(=O)NC(=O)C2)cc1. The van der Waals surface area contributed by atoms with Crippen LogP contribution in [0.4, 0.5) is 0 Å². The fourth-order valence-electron chi connectivity index (χ4n) is 1.81. The first kappa shape index (κ1) is 14.2. The van der Waals surface area contributed by atoms with Crippen molar-refractivity contribution >= 4 is 27.6 Å². The molecule has 0 spiro atoms. The number of imide groups is 1. The Morgan fingerprint density at radius 2 is 1.60 bits per heavy atom. The zero-order chi connectivity index (χ0) is 14.9. The van der Waals surface area contributed by atoms with Crippen LogP contribution in [0.25, 0.3) is 0 Å². The molecule has 0 saturated carbocycles. The Morgan fingerprint density at radius 1 is 1.10 bits per heavy atom. The molecule has 0 aliphatic carbocycles. The molecule has 3 amide bonds. The summed E-state index contributed by atoms with van der Waals surface area (Å²) in [6.45, 7) is -0.392. The Hall–Kier alpha value is -2.22. The monoisotopic (exact) mass is 296 g/mol. The van der Waals surface area contributed by atoms with Crippen LogP contribution in [-0.4, -0.2) is 50.4 Å². The van der Waals surface area contributed by atoms with Crippen molar-refractivity contribution in [2.75, 3.05) is 19.3 Å². The molecule has 1 aliphatic rings. The smallest absolute Gasteiger partial charge is 0.254 e. The van der Waals surface area contributed by atoms with Gasteiger partial charge in [-0.25, -0.2) is 8.42 Å². The molecule has 0 bridgehead atoms. The van der Waals surface area contributed by atoms with Crippen LogP contribution in [-0.2, 0) is 19.4 Å². The van der Waals surface area contributed by atoms with Crippen LogP contribution in [0.2, 0.25) is 0 Å². The van der Waals surface area contributed by atoms with Gasteiger partial charge >= 0.3 is 0 Å². The Labute approximate surface area is 115 Å². The number of carbonyl (C=O) groups is 3. The Balaban J connectivity index is 2.21. The Morgan fingerprint density at radius 3 is 2.05 bits per heavy atom. The predicted molar refractivity (Wildman–Crippen MR) is 68.6 cm³/mol. The van der Waals surface area contributed by atoms with Gasteiger partial charge in [-0.2, -0.15) is 0 Å². The first-order valence-corrected chi connectivity index (χ1v) is 7.58. The minimum Gasteiger partial charge on any atom is -0.320 e. The molecule has 8 heteroatoms. The molecule has 1 aromatic rings. The Bertz CT molecular complexity index is 662. The molecule has 0 atom stereocenters. The van der Waals surface area contributed by atoms with Crippen molar-refractivity contribution in [3.8, 4) is 0 Å². The van der Waals surface area contributed by atoms with Crippen LogP contribution in [0.5, 0.6) is 0 Å². The van der Waals surface area contributed by atoms with Crippen molar-refractivity contribution < 1.29 is 22.8 Å². The van der Waals surface area contributed by atoms with E-state index in [2.05, 4.69) is 5.32 Å². The molecule has 0 unspecified atom stereocenters. The number of benzene rings is 1. The first-order chi connectivity index (χ1) is 9.27. The maximum absolute atomic E-state index is 12.1. The lowest BCUT2D eigenvalue weighted by Crippen LogP contribution is -2.53. The van der Waals surface area contributed by atoms with Gasteiger partial charge in [-0.15, -0.1) is 0 Å². The standard InChI is InChI=1S/C12H12N2O5S/c1-20(18,19)9-4-2-8(3-5-9)12(17)14-6-10(15)13-11(16)7-14/h2-5H,6-7H2,1H3,(H,13,15,16). The second kappa shape index (κ2) is 5.04. The van der Waals surface area contributed by atoms with Crippen LogP contribution in [0.3, 0.4) is 0 Å². The fourth-order valence-corrected chi connectivity index (χ4v) is 2.44. The summed E-state index contributed by atoms with van der Waals surface area (Å²) in [5.41, 5.74) is 0.222. The summed E-state index contributed by atoms with van der Waals surface area (Å²) in [6, 6.07) is 5.34. The summed E-state index contributed by atoms with van der Waals surface area (Å²) in [6.07, 6.45) is 1.07. The van der Waals surface area contributed by atoms with E-state index in [1.165, 1.54) is 24.3 Å². The van der Waals surface area contributed by atoms with E-state index in [1.54, 1.807) is 0 Å². The fraction of sp³-hybridized carbons (Fsp3) is 0.250. The summed E-state index contributed by atoms with van der Waals surface area (Å²) < 4.78 is 22.6. The highest BCUT2D eigenvalue weighted by atomic mass is 32.2. The van der Waals surface area contributed by atoms with Gasteiger partial charge in [-0.1, -0.05) is 0 Å². The van der Waals surface area contributed by atoms with E-state index < -0.39 is 27.6 Å². The molecule has 20 heavy (non-hydrogen) atoms. The van der Waals surface area contributed by atoms with Gasteiger partial charge in [0, 0.05) is 11.8 Å². The third-order valence-electron chi connectivity index (χ3n) is 2.76. The average Bonchev–Trinajstić information content (AvgIpc) is 2.36. The summed E-state index contributed by atoms with van der Waals surface area (Å²) in [5, 5.41) is 2.09. The molecule has 1 fully saturated rings. The lowest BCUT2D eigenvalue weighted by molar-refractivity contribution is -0.135. The molecule has 2 rings (SSSR count). The van der Waals surface area contributed by atoms with E-state index in [-0.39, 0.29) is 23.5 Å². The van der Waals surface area contributed by atoms with Crippen LogP contribution in [0, 0.1) is 0 Å². The van der Waals surface area contributed by atoms with Crippen molar-refractivity contribution in [3.05, 3.63) is 29.8 Å².